The molecule has 0 fully saturated rings. The molecule has 0 saturated heterocycles. The molecule has 1 unspecified atom stereocenters. The molecule has 108 valence electrons. The number of rotatable bonds is 3. The summed E-state index contributed by atoms with van der Waals surface area (Å²) in [5.41, 5.74) is 1.13. The highest BCUT2D eigenvalue weighted by Gasteiger charge is 2.20. The summed E-state index contributed by atoms with van der Waals surface area (Å²) in [5, 5.41) is 7.69. The molecular weight excluding hydrogens is 292 g/mol. The third-order valence-corrected chi connectivity index (χ3v) is 3.52. The maximum atomic E-state index is 12.3. The van der Waals surface area contributed by atoms with E-state index in [1.165, 1.54) is 0 Å². The molecule has 3 rings (SSSR count). The molecule has 1 amide bonds. The van der Waals surface area contributed by atoms with Crippen LogP contribution in [0.4, 0.5) is 0 Å². The van der Waals surface area contributed by atoms with Crippen LogP contribution in [0.15, 0.2) is 28.8 Å². The maximum absolute atomic E-state index is 12.3. The third-order valence-electron chi connectivity index (χ3n) is 3.13. The first kappa shape index (κ1) is 13.6. The zero-order valence-corrected chi connectivity index (χ0v) is 12.2. The molecule has 2 N–H and O–H groups in total. The number of hydrogen-bond acceptors (Lipinski definition) is 4. The van der Waals surface area contributed by atoms with Crippen molar-refractivity contribution in [1.82, 2.24) is 20.4 Å². The van der Waals surface area contributed by atoms with E-state index in [1.54, 1.807) is 13.8 Å². The van der Waals surface area contributed by atoms with Gasteiger partial charge in [0.1, 0.15) is 11.7 Å². The molecule has 0 radical (unpaired) electrons. The van der Waals surface area contributed by atoms with Gasteiger partial charge in [0, 0.05) is 10.9 Å². The molecule has 21 heavy (non-hydrogen) atoms. The van der Waals surface area contributed by atoms with E-state index >= 15 is 0 Å². The second-order valence-corrected chi connectivity index (χ2v) is 5.11. The first-order chi connectivity index (χ1) is 10.1. The highest BCUT2D eigenvalue weighted by molar-refractivity contribution is 6.38. The molecule has 0 aliphatic rings. The van der Waals surface area contributed by atoms with Crippen molar-refractivity contribution in [1.29, 1.82) is 0 Å². The number of aromatic nitrogens is 3. The van der Waals surface area contributed by atoms with E-state index in [4.69, 9.17) is 16.1 Å². The molecule has 1 atom stereocenters. The summed E-state index contributed by atoms with van der Waals surface area (Å²) >= 11 is 6.24. The number of carbonyl (C=O) groups is 1. The van der Waals surface area contributed by atoms with Crippen molar-refractivity contribution in [3.8, 4) is 0 Å². The molecule has 0 aliphatic carbocycles. The van der Waals surface area contributed by atoms with Crippen LogP contribution in [0.1, 0.15) is 35.2 Å². The Morgan fingerprint density at radius 2 is 2.19 bits per heavy atom. The summed E-state index contributed by atoms with van der Waals surface area (Å²) in [6.07, 6.45) is 0. The van der Waals surface area contributed by atoms with Crippen LogP contribution < -0.4 is 5.32 Å². The topological polar surface area (TPSA) is 83.8 Å². The molecule has 1 aromatic carbocycles. The summed E-state index contributed by atoms with van der Waals surface area (Å²) in [4.78, 5) is 19.4. The lowest BCUT2D eigenvalue weighted by Crippen LogP contribution is -2.27. The lowest BCUT2D eigenvalue weighted by atomic mass is 10.2. The number of hydrogen-bond donors (Lipinski definition) is 2. The number of fused-ring (bicyclic) bond motifs is 1. The average Bonchev–Trinajstić information content (AvgIpc) is 3.04. The minimum atomic E-state index is -0.402. The van der Waals surface area contributed by atoms with Gasteiger partial charge in [0.25, 0.3) is 5.91 Å². The van der Waals surface area contributed by atoms with Gasteiger partial charge in [-0.1, -0.05) is 35.0 Å². The fourth-order valence-electron chi connectivity index (χ4n) is 2.08. The van der Waals surface area contributed by atoms with Gasteiger partial charge in [-0.05, 0) is 19.9 Å². The number of H-pyrrole nitrogens is 1. The van der Waals surface area contributed by atoms with Gasteiger partial charge in [-0.2, -0.15) is 4.98 Å². The van der Waals surface area contributed by atoms with Gasteiger partial charge in [-0.25, -0.2) is 0 Å². The Morgan fingerprint density at radius 3 is 2.86 bits per heavy atom. The second-order valence-electron chi connectivity index (χ2n) is 4.73. The Labute approximate surface area is 125 Å². The maximum Gasteiger partial charge on any atom is 0.269 e. The van der Waals surface area contributed by atoms with Crippen molar-refractivity contribution in [2.24, 2.45) is 0 Å². The van der Waals surface area contributed by atoms with Crippen molar-refractivity contribution >= 4 is 28.4 Å². The molecular formula is C14H13ClN4O2. The van der Waals surface area contributed by atoms with Crippen LogP contribution in [0, 0.1) is 6.92 Å². The summed E-state index contributed by atoms with van der Waals surface area (Å²) < 4.78 is 5.03. The predicted molar refractivity (Wildman–Crippen MR) is 78.2 cm³/mol. The minimum Gasteiger partial charge on any atom is -0.349 e. The van der Waals surface area contributed by atoms with Gasteiger partial charge < -0.3 is 14.8 Å². The smallest absolute Gasteiger partial charge is 0.269 e. The van der Waals surface area contributed by atoms with Crippen LogP contribution in [-0.2, 0) is 0 Å². The van der Waals surface area contributed by atoms with Crippen LogP contribution in [-0.4, -0.2) is 21.0 Å². The number of nitrogens with one attached hydrogen (secondary N) is 2. The summed E-state index contributed by atoms with van der Waals surface area (Å²) in [6.45, 7) is 3.48. The van der Waals surface area contributed by atoms with Gasteiger partial charge in [-0.15, -0.1) is 0 Å². The number of halogens is 1. The van der Waals surface area contributed by atoms with E-state index in [-0.39, 0.29) is 5.91 Å². The number of carbonyl (C=O) groups excluding carboxylic acids is 1. The van der Waals surface area contributed by atoms with Crippen molar-refractivity contribution in [2.45, 2.75) is 19.9 Å². The molecule has 2 aromatic heterocycles. The van der Waals surface area contributed by atoms with E-state index in [2.05, 4.69) is 20.4 Å². The fourth-order valence-corrected chi connectivity index (χ4v) is 2.38. The van der Waals surface area contributed by atoms with Gasteiger partial charge >= 0.3 is 0 Å². The highest BCUT2D eigenvalue weighted by Crippen LogP contribution is 2.27. The van der Waals surface area contributed by atoms with E-state index < -0.39 is 6.04 Å². The summed E-state index contributed by atoms with van der Waals surface area (Å²) in [5.74, 6) is 0.558. The normalized spacial score (nSPS) is 12.5. The van der Waals surface area contributed by atoms with Crippen molar-refractivity contribution in [3.63, 3.8) is 0 Å². The SMILES string of the molecule is Cc1noc(C(C)NC(=O)c2[nH]c3ccccc3c2Cl)n1. The van der Waals surface area contributed by atoms with Crippen LogP contribution in [0.5, 0.6) is 0 Å². The van der Waals surface area contributed by atoms with Crippen LogP contribution in [0.25, 0.3) is 10.9 Å². The lowest BCUT2D eigenvalue weighted by molar-refractivity contribution is 0.0928. The van der Waals surface area contributed by atoms with Crippen LogP contribution in [0.2, 0.25) is 5.02 Å². The predicted octanol–water partition coefficient (Wildman–Crippen LogP) is 3.00. The number of para-hydroxylation sites is 1. The summed E-state index contributed by atoms with van der Waals surface area (Å²) in [6, 6.07) is 7.06. The van der Waals surface area contributed by atoms with Gasteiger partial charge in [0.05, 0.1) is 5.02 Å². The molecule has 0 bridgehead atoms. The number of aryl methyl sites for hydroxylation is 1. The van der Waals surface area contributed by atoms with E-state index in [1.807, 2.05) is 24.3 Å². The molecule has 6 nitrogen and oxygen atoms in total. The number of amides is 1. The van der Waals surface area contributed by atoms with E-state index in [9.17, 15) is 4.79 Å². The number of aromatic amines is 1. The Hall–Kier alpha value is -2.34. The third kappa shape index (κ3) is 2.50. The number of nitrogens with zero attached hydrogens (tertiary/aromatic N) is 2. The minimum absolute atomic E-state index is 0.320. The quantitative estimate of drug-likeness (QED) is 0.779. The molecule has 7 heteroatoms. The van der Waals surface area contributed by atoms with Crippen LogP contribution >= 0.6 is 11.6 Å². The van der Waals surface area contributed by atoms with Crippen LogP contribution in [0.3, 0.4) is 0 Å². The monoisotopic (exact) mass is 304 g/mol. The van der Waals surface area contributed by atoms with Crippen molar-refractivity contribution in [2.75, 3.05) is 0 Å². The standard InChI is InChI=1S/C14H13ClN4O2/c1-7(14-17-8(2)19-21-14)16-13(20)12-11(15)9-5-3-4-6-10(9)18-12/h3-7,18H,1-2H3,(H,16,20). The second kappa shape index (κ2) is 5.21. The van der Waals surface area contributed by atoms with Gasteiger partial charge in [0.15, 0.2) is 5.82 Å². The lowest BCUT2D eigenvalue weighted by Gasteiger charge is -2.08. The highest BCUT2D eigenvalue weighted by atomic mass is 35.5. The molecule has 0 spiro atoms. The molecule has 0 saturated carbocycles. The average molecular weight is 305 g/mol. The van der Waals surface area contributed by atoms with Gasteiger partial charge in [0.2, 0.25) is 5.89 Å². The van der Waals surface area contributed by atoms with Crippen molar-refractivity contribution in [3.05, 3.63) is 46.7 Å². The Bertz CT molecular complexity index is 808. The fraction of sp³-hybridized carbons (Fsp3) is 0.214. The first-order valence-corrected chi connectivity index (χ1v) is 6.81. The largest absolute Gasteiger partial charge is 0.349 e. The summed E-state index contributed by atoms with van der Waals surface area (Å²) in [7, 11) is 0. The molecule has 3 aromatic rings. The Balaban J connectivity index is 1.85. The van der Waals surface area contributed by atoms with E-state index in [0.29, 0.717) is 22.4 Å². The Kier molecular flexibility index (Phi) is 3.39. The molecule has 0 aliphatic heterocycles. The van der Waals surface area contributed by atoms with Crippen molar-refractivity contribution < 1.29 is 9.32 Å². The zero-order chi connectivity index (χ0) is 15.0. The van der Waals surface area contributed by atoms with Gasteiger partial charge in [-0.3, -0.25) is 4.79 Å². The Morgan fingerprint density at radius 1 is 1.43 bits per heavy atom. The molecule has 2 heterocycles. The van der Waals surface area contributed by atoms with E-state index in [0.717, 1.165) is 10.9 Å². The zero-order valence-electron chi connectivity index (χ0n) is 11.5. The first-order valence-electron chi connectivity index (χ1n) is 6.43. The number of benzene rings is 1.